The van der Waals surface area contributed by atoms with E-state index >= 15 is 0 Å². The molecule has 0 atom stereocenters. The maximum atomic E-state index is 12.9. The van der Waals surface area contributed by atoms with E-state index in [1.807, 2.05) is 34.6 Å². The molecule has 12 nitrogen and oxygen atoms in total. The van der Waals surface area contributed by atoms with Gasteiger partial charge in [0.05, 0.1) is 17.0 Å². The van der Waals surface area contributed by atoms with Crippen molar-refractivity contribution in [3.63, 3.8) is 0 Å². The van der Waals surface area contributed by atoms with E-state index in [2.05, 4.69) is 41.0 Å². The van der Waals surface area contributed by atoms with E-state index in [4.69, 9.17) is 9.26 Å². The predicted molar refractivity (Wildman–Crippen MR) is 158 cm³/mol. The number of nitrogens with zero attached hydrogens (tertiary/aromatic N) is 4. The molecule has 0 saturated carbocycles. The van der Waals surface area contributed by atoms with Crippen LogP contribution in [0.5, 0.6) is 11.5 Å². The number of aryl methyl sites for hydroxylation is 2. The minimum Gasteiger partial charge on any atom is -0.457 e. The van der Waals surface area contributed by atoms with Crippen molar-refractivity contribution in [1.82, 2.24) is 25.1 Å². The zero-order valence-corrected chi connectivity index (χ0v) is 23.8. The molecule has 0 aliphatic carbocycles. The van der Waals surface area contributed by atoms with Crippen LogP contribution in [0.15, 0.2) is 71.6 Å². The Morgan fingerprint density at radius 3 is 2.26 bits per heavy atom. The lowest BCUT2D eigenvalue weighted by Crippen LogP contribution is -2.20. The van der Waals surface area contributed by atoms with Crippen LogP contribution in [0.25, 0.3) is 11.3 Å². The van der Waals surface area contributed by atoms with E-state index in [-0.39, 0.29) is 17.0 Å². The molecular weight excluding hydrogens is 536 g/mol. The molecule has 0 radical (unpaired) electrons. The number of hydrogen-bond donors (Lipinski definition) is 4. The highest BCUT2D eigenvalue weighted by Gasteiger charge is 2.26. The summed E-state index contributed by atoms with van der Waals surface area (Å²) >= 11 is 0. The van der Waals surface area contributed by atoms with Gasteiger partial charge in [-0.2, -0.15) is 0 Å². The number of benzene rings is 1. The first kappa shape index (κ1) is 28.0. The van der Waals surface area contributed by atoms with E-state index in [1.54, 1.807) is 60.9 Å². The van der Waals surface area contributed by atoms with Crippen LogP contribution in [0.3, 0.4) is 0 Å². The number of rotatable bonds is 7. The summed E-state index contributed by atoms with van der Waals surface area (Å²) in [4.78, 5) is 41.5. The van der Waals surface area contributed by atoms with Gasteiger partial charge in [-0.15, -0.1) is 0 Å². The fraction of sp³-hybridized carbons (Fsp3) is 0.200. The van der Waals surface area contributed by atoms with Gasteiger partial charge >= 0.3 is 6.03 Å². The lowest BCUT2D eigenvalue weighted by molar-refractivity contribution is 0.102. The molecule has 1 aromatic carbocycles. The van der Waals surface area contributed by atoms with E-state index in [0.29, 0.717) is 51.7 Å². The first-order chi connectivity index (χ1) is 20.1. The Bertz CT molecular complexity index is 1700. The molecule has 42 heavy (non-hydrogen) atoms. The fourth-order valence-electron chi connectivity index (χ4n) is 4.08. The summed E-state index contributed by atoms with van der Waals surface area (Å²) in [5, 5.41) is 12.4. The second-order valence-electron chi connectivity index (χ2n) is 10.5. The predicted octanol–water partition coefficient (Wildman–Crippen LogP) is 6.46. The summed E-state index contributed by atoms with van der Waals surface area (Å²) in [7, 11) is 0. The third kappa shape index (κ3) is 6.44. The highest BCUT2D eigenvalue weighted by atomic mass is 16.5. The van der Waals surface area contributed by atoms with Gasteiger partial charge in [0.2, 0.25) is 0 Å². The van der Waals surface area contributed by atoms with E-state index < -0.39 is 6.03 Å². The molecule has 0 aliphatic heterocycles. The SMILES string of the molecule is Cc1noc(C)c1-c1[nH]c(C(C)(C)C)nc1NC(=O)Nc1ccc(Oc2ccnc(C(=O)Nc3ccncc3)c2)cc1. The molecule has 4 heterocycles. The number of nitrogens with one attached hydrogen (secondary N) is 4. The number of pyridine rings is 2. The fourth-order valence-corrected chi connectivity index (χ4v) is 4.08. The summed E-state index contributed by atoms with van der Waals surface area (Å²) in [5.41, 5.74) is 3.13. The van der Waals surface area contributed by atoms with Gasteiger partial charge in [-0.3, -0.25) is 20.1 Å². The summed E-state index contributed by atoms with van der Waals surface area (Å²) < 4.78 is 11.2. The van der Waals surface area contributed by atoms with Crippen LogP contribution in [-0.2, 0) is 5.41 Å². The Balaban J connectivity index is 1.25. The number of imidazole rings is 1. The van der Waals surface area contributed by atoms with Crippen LogP contribution in [-0.4, -0.2) is 37.0 Å². The van der Waals surface area contributed by atoms with Gasteiger partial charge in [0, 0.05) is 41.4 Å². The van der Waals surface area contributed by atoms with Crippen LogP contribution >= 0.6 is 0 Å². The van der Waals surface area contributed by atoms with Crippen molar-refractivity contribution in [2.75, 3.05) is 16.0 Å². The van der Waals surface area contributed by atoms with Gasteiger partial charge < -0.3 is 24.9 Å². The summed E-state index contributed by atoms with van der Waals surface area (Å²) in [6, 6.07) is 12.9. The highest BCUT2D eigenvalue weighted by Crippen LogP contribution is 2.34. The molecule has 4 N–H and O–H groups in total. The van der Waals surface area contributed by atoms with Crippen molar-refractivity contribution in [1.29, 1.82) is 0 Å². The summed E-state index contributed by atoms with van der Waals surface area (Å²) in [6.07, 6.45) is 4.67. The molecule has 0 fully saturated rings. The molecule has 4 aromatic heterocycles. The van der Waals surface area contributed by atoms with Gasteiger partial charge in [-0.1, -0.05) is 25.9 Å². The van der Waals surface area contributed by atoms with Gasteiger partial charge in [-0.05, 0) is 56.3 Å². The molecule has 12 heteroatoms. The zero-order chi connectivity index (χ0) is 29.9. The molecule has 0 unspecified atom stereocenters. The van der Waals surface area contributed by atoms with Gasteiger partial charge in [0.1, 0.15) is 28.8 Å². The third-order valence-electron chi connectivity index (χ3n) is 6.18. The van der Waals surface area contributed by atoms with Crippen molar-refractivity contribution in [3.05, 3.63) is 90.1 Å². The van der Waals surface area contributed by atoms with Crippen LogP contribution in [0.4, 0.5) is 22.0 Å². The van der Waals surface area contributed by atoms with Crippen molar-refractivity contribution in [2.45, 2.75) is 40.0 Å². The highest BCUT2D eigenvalue weighted by molar-refractivity contribution is 6.03. The van der Waals surface area contributed by atoms with Gasteiger partial charge in [-0.25, -0.2) is 9.78 Å². The number of carbonyl (C=O) groups is 2. The zero-order valence-electron chi connectivity index (χ0n) is 23.8. The van der Waals surface area contributed by atoms with Gasteiger partial charge in [0.25, 0.3) is 5.91 Å². The van der Waals surface area contributed by atoms with E-state index in [0.717, 1.165) is 5.56 Å². The number of aromatic nitrogens is 5. The van der Waals surface area contributed by atoms with Crippen molar-refractivity contribution in [2.24, 2.45) is 0 Å². The van der Waals surface area contributed by atoms with Gasteiger partial charge in [0.15, 0.2) is 5.82 Å². The van der Waals surface area contributed by atoms with Crippen molar-refractivity contribution in [3.8, 4) is 22.8 Å². The number of H-pyrrole nitrogens is 1. The average Bonchev–Trinajstić information content (AvgIpc) is 3.52. The summed E-state index contributed by atoms with van der Waals surface area (Å²) in [6.45, 7) is 9.73. The summed E-state index contributed by atoms with van der Waals surface area (Å²) in [5.74, 6) is 2.27. The van der Waals surface area contributed by atoms with Crippen LogP contribution in [0.2, 0.25) is 0 Å². The Morgan fingerprint density at radius 1 is 0.881 bits per heavy atom. The lowest BCUT2D eigenvalue weighted by Gasteiger charge is -2.14. The van der Waals surface area contributed by atoms with Crippen LogP contribution in [0, 0.1) is 13.8 Å². The molecular formula is C30H30N8O4. The largest absolute Gasteiger partial charge is 0.457 e. The number of ether oxygens (including phenoxy) is 1. The normalized spacial score (nSPS) is 11.2. The van der Waals surface area contributed by atoms with Crippen LogP contribution < -0.4 is 20.7 Å². The molecule has 214 valence electrons. The minimum absolute atomic E-state index is 0.197. The second kappa shape index (κ2) is 11.5. The smallest absolute Gasteiger partial charge is 0.324 e. The number of urea groups is 1. The topological polar surface area (TPSA) is 160 Å². The maximum Gasteiger partial charge on any atom is 0.324 e. The number of carbonyl (C=O) groups excluding carboxylic acids is 2. The maximum absolute atomic E-state index is 12.9. The molecule has 5 aromatic rings. The molecule has 0 aliphatic rings. The first-order valence-electron chi connectivity index (χ1n) is 13.1. The Labute approximate surface area is 241 Å². The third-order valence-corrected chi connectivity index (χ3v) is 6.18. The molecule has 0 saturated heterocycles. The monoisotopic (exact) mass is 566 g/mol. The van der Waals surface area contributed by atoms with Crippen molar-refractivity contribution < 1.29 is 18.8 Å². The number of anilines is 3. The Morgan fingerprint density at radius 2 is 1.60 bits per heavy atom. The second-order valence-corrected chi connectivity index (χ2v) is 10.5. The van der Waals surface area contributed by atoms with E-state index in [1.165, 1.54) is 6.20 Å². The Hall–Kier alpha value is -5.52. The van der Waals surface area contributed by atoms with Crippen LogP contribution in [0.1, 0.15) is 48.5 Å². The number of amides is 3. The molecule has 0 bridgehead atoms. The minimum atomic E-state index is -0.470. The lowest BCUT2D eigenvalue weighted by atomic mass is 9.96. The number of aromatic amines is 1. The molecule has 5 rings (SSSR count). The van der Waals surface area contributed by atoms with Crippen molar-refractivity contribution >= 4 is 29.1 Å². The average molecular weight is 567 g/mol. The first-order valence-corrected chi connectivity index (χ1v) is 13.1. The molecule has 0 spiro atoms. The van der Waals surface area contributed by atoms with E-state index in [9.17, 15) is 9.59 Å². The molecule has 3 amide bonds. The Kier molecular flexibility index (Phi) is 7.69. The quantitative estimate of drug-likeness (QED) is 0.175. The number of hydrogen-bond acceptors (Lipinski definition) is 8. The standard InChI is InChI=1S/C30H30N8O4/c1-17-24(18(2)42-38-17)25-26(36-28(35-25)30(3,4)5)37-29(40)34-19-6-8-21(9-7-19)41-22-12-15-32-23(16-22)27(39)33-20-10-13-31-14-11-20/h6-16H,1-5H3,(H,35,36)(H,31,33,39)(H2,34,37,40).